The van der Waals surface area contributed by atoms with Crippen LogP contribution in [-0.2, 0) is 4.79 Å². The Hall–Kier alpha value is -3.54. The average molecular weight is 642 g/mol. The summed E-state index contributed by atoms with van der Waals surface area (Å²) >= 11 is 1.80. The number of likely N-dealkylation sites (N-methyl/N-ethyl adjacent to an activating group) is 1. The molecule has 0 bridgehead atoms. The number of terminal acetylenes is 1. The molecule has 1 N–H and O–H groups in total. The van der Waals surface area contributed by atoms with Gasteiger partial charge in [0.25, 0.3) is 0 Å². The molecule has 0 amide bonds. The molecular weight excluding hydrogens is 583 g/mol. The smallest absolute Gasteiger partial charge is 0.202 e. The maximum absolute atomic E-state index is 13.1. The number of Topliss-reactive ketones (excluding diaryl/α,β-unsaturated/α-hetero) is 1. The Balaban J connectivity index is 0.00000179. The SMILES string of the molecule is C#C/C=C\C.C=C.CCC.CCC#CCC(C)C(C)C/C=C1\CC2=C(C=CCC(C(=O)C(=N)CCSC3C=CCN=CC3)=C2)N1C. The molecule has 0 aromatic heterocycles. The predicted molar refractivity (Wildman–Crippen MR) is 207 cm³/mol. The minimum Gasteiger partial charge on any atom is -0.348 e. The number of thioether (sulfide) groups is 1. The van der Waals surface area contributed by atoms with Crippen LogP contribution < -0.4 is 0 Å². The Labute approximate surface area is 286 Å². The zero-order valence-corrected chi connectivity index (χ0v) is 30.5. The van der Waals surface area contributed by atoms with Gasteiger partial charge >= 0.3 is 0 Å². The summed E-state index contributed by atoms with van der Waals surface area (Å²) in [4.78, 5) is 19.7. The topological polar surface area (TPSA) is 56.5 Å². The lowest BCUT2D eigenvalue weighted by molar-refractivity contribution is -0.110. The molecule has 0 radical (unpaired) electrons. The van der Waals surface area contributed by atoms with Crippen LogP contribution in [0.2, 0.25) is 0 Å². The molecule has 4 nitrogen and oxygen atoms in total. The van der Waals surface area contributed by atoms with Crippen molar-refractivity contribution in [3.8, 4) is 24.2 Å². The van der Waals surface area contributed by atoms with Gasteiger partial charge in [-0.1, -0.05) is 77.3 Å². The van der Waals surface area contributed by atoms with Crippen LogP contribution in [0.15, 0.2) is 89.3 Å². The molecule has 250 valence electrons. The highest BCUT2D eigenvalue weighted by molar-refractivity contribution is 8.00. The van der Waals surface area contributed by atoms with Gasteiger partial charge in [0, 0.05) is 61.2 Å². The molecule has 46 heavy (non-hydrogen) atoms. The molecular formula is C41H59N3OS. The molecule has 2 aliphatic heterocycles. The van der Waals surface area contributed by atoms with Crippen LogP contribution in [0.1, 0.15) is 92.9 Å². The van der Waals surface area contributed by atoms with E-state index in [4.69, 9.17) is 11.8 Å². The maximum atomic E-state index is 13.1. The Kier molecular flexibility index (Phi) is 24.6. The molecule has 0 saturated heterocycles. The van der Waals surface area contributed by atoms with Gasteiger partial charge in [0.1, 0.15) is 0 Å². The van der Waals surface area contributed by atoms with E-state index >= 15 is 0 Å². The standard InChI is InChI=1S/C31H41N3OS.C5H6.C3H8.C2H4/c1-5-6-7-10-23(2)24(3)14-15-27-22-26-21-25(11-8-13-30(26)34(27)4)31(35)29(32)17-20-36-28-12-9-18-33-19-16-28;1-3-5-4-2;1-3-2;1-2/h8-9,12-13,15,19,21,23-24,28,32H,5,10-11,14,16-18,20,22H2,1-4H3;1,4-5H,2H3;3H2,1-2H3;1-2H2/b27-15+,32-29?;5-4-;;. The molecule has 3 rings (SSSR count). The third-order valence-electron chi connectivity index (χ3n) is 7.42. The van der Waals surface area contributed by atoms with Gasteiger partial charge in [-0.15, -0.1) is 31.4 Å². The first kappa shape index (κ1) is 42.5. The molecule has 0 fully saturated rings. The summed E-state index contributed by atoms with van der Waals surface area (Å²) in [5, 5.41) is 8.82. The number of hydrogen-bond donors (Lipinski definition) is 1. The van der Waals surface area contributed by atoms with Crippen LogP contribution in [0.3, 0.4) is 0 Å². The van der Waals surface area contributed by atoms with E-state index < -0.39 is 0 Å². The van der Waals surface area contributed by atoms with E-state index in [-0.39, 0.29) is 11.5 Å². The fraction of sp³-hybridized carbons (Fsp3) is 0.488. The molecule has 0 aromatic rings. The van der Waals surface area contributed by atoms with Crippen molar-refractivity contribution in [1.82, 2.24) is 4.90 Å². The fourth-order valence-electron chi connectivity index (χ4n) is 4.61. The summed E-state index contributed by atoms with van der Waals surface area (Å²) in [6.45, 7) is 19.6. The molecule has 5 heteroatoms. The molecule has 1 aliphatic carbocycles. The fourth-order valence-corrected chi connectivity index (χ4v) is 5.68. The number of carbonyl (C=O) groups excluding carboxylic acids is 1. The van der Waals surface area contributed by atoms with Crippen LogP contribution in [0, 0.1) is 41.4 Å². The van der Waals surface area contributed by atoms with Crippen molar-refractivity contribution in [2.24, 2.45) is 16.8 Å². The van der Waals surface area contributed by atoms with E-state index in [1.807, 2.05) is 25.3 Å². The van der Waals surface area contributed by atoms with E-state index in [1.165, 1.54) is 23.4 Å². The molecule has 0 spiro atoms. The zero-order chi connectivity index (χ0) is 34.7. The molecule has 2 heterocycles. The monoisotopic (exact) mass is 641 g/mol. The molecule has 0 aromatic carbocycles. The average Bonchev–Trinajstić information content (AvgIpc) is 3.27. The van der Waals surface area contributed by atoms with Crippen molar-refractivity contribution in [3.05, 3.63) is 84.3 Å². The summed E-state index contributed by atoms with van der Waals surface area (Å²) in [5.41, 5.74) is 4.59. The minimum atomic E-state index is -0.109. The number of nitrogens with one attached hydrogen (secondary N) is 1. The number of rotatable bonds is 10. The Morgan fingerprint density at radius 1 is 1.22 bits per heavy atom. The minimum absolute atomic E-state index is 0.109. The van der Waals surface area contributed by atoms with E-state index in [1.54, 1.807) is 17.8 Å². The predicted octanol–water partition coefficient (Wildman–Crippen LogP) is 10.3. The van der Waals surface area contributed by atoms with E-state index in [2.05, 4.69) is 113 Å². The van der Waals surface area contributed by atoms with Crippen LogP contribution in [0.25, 0.3) is 0 Å². The lowest BCUT2D eigenvalue weighted by Crippen LogP contribution is -2.17. The highest BCUT2D eigenvalue weighted by Gasteiger charge is 2.25. The summed E-state index contributed by atoms with van der Waals surface area (Å²) in [6.07, 6.45) is 30.2. The first-order valence-electron chi connectivity index (χ1n) is 16.7. The van der Waals surface area contributed by atoms with Gasteiger partial charge in [0.05, 0.1) is 12.3 Å². The second-order valence-corrected chi connectivity index (χ2v) is 12.6. The lowest BCUT2D eigenvalue weighted by atomic mass is 9.90. The maximum Gasteiger partial charge on any atom is 0.202 e. The number of allylic oxidation sites excluding steroid dienone is 8. The van der Waals surface area contributed by atoms with E-state index in [0.717, 1.165) is 50.0 Å². The highest BCUT2D eigenvalue weighted by atomic mass is 32.2. The largest absolute Gasteiger partial charge is 0.348 e. The van der Waals surface area contributed by atoms with Crippen molar-refractivity contribution >= 4 is 29.5 Å². The first-order chi connectivity index (χ1) is 22.2. The summed E-state index contributed by atoms with van der Waals surface area (Å²) in [5.74, 6) is 10.6. The number of carbonyl (C=O) groups is 1. The van der Waals surface area contributed by atoms with Gasteiger partial charge in [0.2, 0.25) is 5.78 Å². The highest BCUT2D eigenvalue weighted by Crippen LogP contribution is 2.36. The third-order valence-corrected chi connectivity index (χ3v) is 8.64. The van der Waals surface area contributed by atoms with Crippen molar-refractivity contribution in [2.75, 3.05) is 19.3 Å². The molecule has 3 unspecified atom stereocenters. The second kappa shape index (κ2) is 26.7. The first-order valence-corrected chi connectivity index (χ1v) is 17.7. The number of ketones is 1. The van der Waals surface area contributed by atoms with Gasteiger partial charge < -0.3 is 10.3 Å². The van der Waals surface area contributed by atoms with Crippen LogP contribution in [0.5, 0.6) is 0 Å². The Bertz CT molecular complexity index is 1260. The van der Waals surface area contributed by atoms with Crippen LogP contribution in [-0.4, -0.2) is 47.2 Å². The lowest BCUT2D eigenvalue weighted by Gasteiger charge is -2.19. The summed E-state index contributed by atoms with van der Waals surface area (Å²) in [6, 6.07) is 0. The number of nitrogens with zero attached hydrogens (tertiary/aromatic N) is 2. The molecule has 0 saturated carbocycles. The van der Waals surface area contributed by atoms with Crippen molar-refractivity contribution in [1.29, 1.82) is 5.41 Å². The summed E-state index contributed by atoms with van der Waals surface area (Å²) in [7, 11) is 2.12. The van der Waals surface area contributed by atoms with Crippen molar-refractivity contribution in [3.63, 3.8) is 0 Å². The Morgan fingerprint density at radius 3 is 2.57 bits per heavy atom. The van der Waals surface area contributed by atoms with Gasteiger partial charge in [-0.2, -0.15) is 11.8 Å². The second-order valence-electron chi connectivity index (χ2n) is 11.3. The molecule has 3 aliphatic rings. The molecule has 3 atom stereocenters. The zero-order valence-electron chi connectivity index (χ0n) is 29.7. The quantitative estimate of drug-likeness (QED) is 0.147. The van der Waals surface area contributed by atoms with Gasteiger partial charge in [-0.3, -0.25) is 9.79 Å². The van der Waals surface area contributed by atoms with Gasteiger partial charge in [-0.25, -0.2) is 0 Å². The van der Waals surface area contributed by atoms with Crippen LogP contribution >= 0.6 is 11.8 Å². The number of aliphatic imine (C=N–C) groups is 1. The summed E-state index contributed by atoms with van der Waals surface area (Å²) < 4.78 is 0. The van der Waals surface area contributed by atoms with Crippen LogP contribution in [0.4, 0.5) is 0 Å². The van der Waals surface area contributed by atoms with E-state index in [0.29, 0.717) is 29.9 Å². The van der Waals surface area contributed by atoms with Crippen molar-refractivity contribution < 1.29 is 4.79 Å². The normalized spacial score (nSPS) is 18.5. The van der Waals surface area contributed by atoms with Crippen molar-refractivity contribution in [2.45, 2.75) is 98.2 Å². The third kappa shape index (κ3) is 16.7. The van der Waals surface area contributed by atoms with Gasteiger partial charge in [-0.05, 0) is 67.6 Å². The Morgan fingerprint density at radius 2 is 1.93 bits per heavy atom. The number of hydrogen-bond acceptors (Lipinski definition) is 5. The van der Waals surface area contributed by atoms with Gasteiger partial charge in [0.15, 0.2) is 0 Å². The van der Waals surface area contributed by atoms with E-state index in [9.17, 15) is 4.79 Å².